The van der Waals surface area contributed by atoms with E-state index in [0.29, 0.717) is 0 Å². The molecular weight excluding hydrogens is 182 g/mol. The number of amides is 1. The first kappa shape index (κ1) is 9.34. The first-order valence-corrected chi connectivity index (χ1v) is 4.67. The average Bonchev–Trinajstić information content (AvgIpc) is 2.32. The van der Waals surface area contributed by atoms with Crippen molar-refractivity contribution < 1.29 is 18.5 Å². The van der Waals surface area contributed by atoms with Gasteiger partial charge in [0.2, 0.25) is 4.93 Å². The molecule has 0 aromatic rings. The Morgan fingerprint density at radius 3 is 2.50 bits per heavy atom. The lowest BCUT2D eigenvalue weighted by molar-refractivity contribution is -0.143. The molecule has 0 unspecified atom stereocenters. The molecular formula is C6H9NO4S. The van der Waals surface area contributed by atoms with Gasteiger partial charge in [0.1, 0.15) is 0 Å². The van der Waals surface area contributed by atoms with Crippen LogP contribution in [0.25, 0.3) is 0 Å². The summed E-state index contributed by atoms with van der Waals surface area (Å²) in [5.74, 6) is -1.75. The molecule has 1 fully saturated rings. The van der Waals surface area contributed by atoms with Crippen molar-refractivity contribution >= 4 is 22.5 Å². The molecule has 0 spiro atoms. The number of hydrogen-bond acceptors (Lipinski definition) is 4. The van der Waals surface area contributed by atoms with Crippen LogP contribution in [0, 0.1) is 0 Å². The normalized spacial score (nSPS) is 34.9. The summed E-state index contributed by atoms with van der Waals surface area (Å²) in [6.45, 7) is 1.55. The highest BCUT2D eigenvalue weighted by Gasteiger charge is 2.47. The summed E-state index contributed by atoms with van der Waals surface area (Å²) in [5.41, 5.74) is 4.76. The van der Waals surface area contributed by atoms with Gasteiger partial charge in [0, 0.05) is 0 Å². The van der Waals surface area contributed by atoms with Gasteiger partial charge in [-0.25, -0.2) is 0 Å². The maximum absolute atomic E-state index is 11.2. The number of nitrogens with two attached hydrogens (primary N) is 1. The second-order valence-electron chi connectivity index (χ2n) is 2.54. The van der Waals surface area contributed by atoms with E-state index in [4.69, 9.17) is 10.5 Å². The van der Waals surface area contributed by atoms with Crippen molar-refractivity contribution in [3.05, 3.63) is 0 Å². The summed E-state index contributed by atoms with van der Waals surface area (Å²) < 4.78 is 16.1. The maximum Gasteiger partial charge on any atom is 0.288 e. The maximum atomic E-state index is 11.2. The van der Waals surface area contributed by atoms with E-state index in [9.17, 15) is 13.8 Å². The zero-order valence-corrected chi connectivity index (χ0v) is 7.35. The van der Waals surface area contributed by atoms with E-state index in [0.717, 1.165) is 0 Å². The number of rotatable bonds is 2. The molecule has 0 bridgehead atoms. The van der Waals surface area contributed by atoms with E-state index in [1.54, 1.807) is 0 Å². The molecule has 2 atom stereocenters. The smallest absolute Gasteiger partial charge is 0.288 e. The zero-order chi connectivity index (χ0) is 9.35. The predicted molar refractivity (Wildman–Crippen MR) is 41.6 cm³/mol. The molecule has 0 aromatic carbocycles. The Morgan fingerprint density at radius 2 is 2.17 bits per heavy atom. The summed E-state index contributed by atoms with van der Waals surface area (Å²) >= 11 is 0. The number of Topliss-reactive ketones (excluding diaryl/α,β-unsaturated/α-hetero) is 1. The quantitative estimate of drug-likeness (QED) is 0.540. The SMILES string of the molecule is C[C@]1(C(=O)C(N)=O)OCC[S@]1=O. The van der Waals surface area contributed by atoms with Gasteiger partial charge in [-0.05, 0) is 6.92 Å². The Balaban J connectivity index is 2.92. The third-order valence-corrected chi connectivity index (χ3v) is 3.43. The van der Waals surface area contributed by atoms with E-state index in [-0.39, 0.29) is 12.4 Å². The van der Waals surface area contributed by atoms with Crippen LogP contribution in [0.4, 0.5) is 0 Å². The molecule has 0 saturated carbocycles. The van der Waals surface area contributed by atoms with Crippen LogP contribution < -0.4 is 5.73 Å². The Kier molecular flexibility index (Phi) is 2.29. The van der Waals surface area contributed by atoms with Gasteiger partial charge >= 0.3 is 0 Å². The van der Waals surface area contributed by atoms with Crippen LogP contribution in [0.3, 0.4) is 0 Å². The Bertz CT molecular complexity index is 264. The third-order valence-electron chi connectivity index (χ3n) is 1.72. The van der Waals surface area contributed by atoms with Crippen molar-refractivity contribution in [3.8, 4) is 0 Å². The van der Waals surface area contributed by atoms with Gasteiger partial charge in [-0.1, -0.05) is 0 Å². The molecule has 1 heterocycles. The van der Waals surface area contributed by atoms with E-state index in [1.165, 1.54) is 6.92 Å². The minimum Gasteiger partial charge on any atom is -0.363 e. The summed E-state index contributed by atoms with van der Waals surface area (Å²) in [6, 6.07) is 0. The van der Waals surface area contributed by atoms with Crippen LogP contribution in [0.5, 0.6) is 0 Å². The zero-order valence-electron chi connectivity index (χ0n) is 6.53. The van der Waals surface area contributed by atoms with Gasteiger partial charge in [0.15, 0.2) is 0 Å². The van der Waals surface area contributed by atoms with Crippen LogP contribution in [0.1, 0.15) is 6.92 Å². The lowest BCUT2D eigenvalue weighted by Gasteiger charge is -2.17. The van der Waals surface area contributed by atoms with Gasteiger partial charge in [-0.15, -0.1) is 0 Å². The van der Waals surface area contributed by atoms with E-state index in [1.807, 2.05) is 0 Å². The standard InChI is InChI=1S/C6H9NO4S/c1-6(4(8)5(7)9)11-2-3-12(6)10/h2-3H2,1H3,(H2,7,9)/t6-,12+/m0/s1. The third kappa shape index (κ3) is 1.27. The van der Waals surface area contributed by atoms with Gasteiger partial charge < -0.3 is 10.5 Å². The molecule has 12 heavy (non-hydrogen) atoms. The van der Waals surface area contributed by atoms with E-state index >= 15 is 0 Å². The number of carbonyl (C=O) groups is 2. The Morgan fingerprint density at radius 1 is 1.58 bits per heavy atom. The molecule has 68 valence electrons. The molecule has 0 aliphatic carbocycles. The van der Waals surface area contributed by atoms with Crippen molar-refractivity contribution in [3.63, 3.8) is 0 Å². The van der Waals surface area contributed by atoms with Crippen molar-refractivity contribution in [2.75, 3.05) is 12.4 Å². The van der Waals surface area contributed by atoms with Crippen molar-refractivity contribution in [2.45, 2.75) is 11.9 Å². The highest BCUT2D eigenvalue weighted by atomic mass is 32.2. The summed E-state index contributed by atoms with van der Waals surface area (Å²) in [7, 11) is -1.45. The minimum absolute atomic E-state index is 0.224. The highest BCUT2D eigenvalue weighted by molar-refractivity contribution is 7.87. The molecule has 1 aliphatic heterocycles. The van der Waals surface area contributed by atoms with Gasteiger partial charge in [-0.2, -0.15) is 0 Å². The first-order valence-electron chi connectivity index (χ1n) is 3.35. The van der Waals surface area contributed by atoms with E-state index in [2.05, 4.69) is 0 Å². The Labute approximate surface area is 71.7 Å². The minimum atomic E-state index is -1.51. The highest BCUT2D eigenvalue weighted by Crippen LogP contribution is 2.23. The monoisotopic (exact) mass is 191 g/mol. The lowest BCUT2D eigenvalue weighted by atomic mass is 10.2. The van der Waals surface area contributed by atoms with Crippen molar-refractivity contribution in [2.24, 2.45) is 5.73 Å². The first-order chi connectivity index (χ1) is 5.48. The van der Waals surface area contributed by atoms with Crippen LogP contribution in [-0.2, 0) is 25.1 Å². The molecule has 6 heteroatoms. The molecule has 0 aromatic heterocycles. The molecule has 2 N–H and O–H groups in total. The van der Waals surface area contributed by atoms with Gasteiger partial charge in [0.25, 0.3) is 11.7 Å². The second-order valence-corrected chi connectivity index (χ2v) is 4.42. The molecule has 1 rings (SSSR count). The molecule has 0 radical (unpaired) electrons. The molecule has 1 amide bonds. The number of hydrogen-bond donors (Lipinski definition) is 1. The Hall–Kier alpha value is -0.750. The van der Waals surface area contributed by atoms with Crippen LogP contribution in [-0.4, -0.2) is 33.2 Å². The van der Waals surface area contributed by atoms with Crippen molar-refractivity contribution in [1.29, 1.82) is 0 Å². The number of ether oxygens (including phenoxy) is 1. The average molecular weight is 191 g/mol. The van der Waals surface area contributed by atoms with Crippen LogP contribution in [0.2, 0.25) is 0 Å². The fourth-order valence-electron chi connectivity index (χ4n) is 0.965. The lowest BCUT2D eigenvalue weighted by Crippen LogP contribution is -2.45. The largest absolute Gasteiger partial charge is 0.363 e. The summed E-state index contributed by atoms with van der Waals surface area (Å²) in [6.07, 6.45) is 0. The van der Waals surface area contributed by atoms with Gasteiger partial charge in [0.05, 0.1) is 23.2 Å². The number of ketones is 1. The second kappa shape index (κ2) is 2.95. The topological polar surface area (TPSA) is 86.5 Å². The molecule has 1 aliphatic rings. The van der Waals surface area contributed by atoms with Crippen LogP contribution >= 0.6 is 0 Å². The van der Waals surface area contributed by atoms with Crippen molar-refractivity contribution in [1.82, 2.24) is 0 Å². The summed E-state index contributed by atoms with van der Waals surface area (Å²) in [5, 5.41) is 0. The van der Waals surface area contributed by atoms with E-state index < -0.39 is 27.4 Å². The fraction of sp³-hybridized carbons (Fsp3) is 0.667. The van der Waals surface area contributed by atoms with Crippen LogP contribution in [0.15, 0.2) is 0 Å². The molecule has 1 saturated heterocycles. The molecule has 5 nitrogen and oxygen atoms in total. The number of primary amides is 1. The summed E-state index contributed by atoms with van der Waals surface area (Å²) in [4.78, 5) is 20.1. The number of carbonyl (C=O) groups excluding carboxylic acids is 2. The predicted octanol–water partition coefficient (Wildman–Crippen LogP) is -1.46. The fourth-order valence-corrected chi connectivity index (χ4v) is 2.11. The van der Waals surface area contributed by atoms with Gasteiger partial charge in [-0.3, -0.25) is 13.8 Å².